The van der Waals surface area contributed by atoms with Gasteiger partial charge in [0.05, 0.1) is 11.4 Å². The molecular weight excluding hydrogens is 505 g/mol. The van der Waals surface area contributed by atoms with Gasteiger partial charge in [0.25, 0.3) is 0 Å². The van der Waals surface area contributed by atoms with Crippen molar-refractivity contribution >= 4 is 64.5 Å². The Labute approximate surface area is 214 Å². The minimum absolute atomic E-state index is 0.194. The third-order valence-electron chi connectivity index (χ3n) is 5.44. The molecule has 0 unspecified atom stereocenters. The molecule has 0 amide bonds. The van der Waals surface area contributed by atoms with Crippen LogP contribution in [0, 0.1) is 0 Å². The molecule has 1 heterocycles. The van der Waals surface area contributed by atoms with Crippen molar-refractivity contribution in [1.82, 2.24) is 4.98 Å². The molecule has 3 nitrogen and oxygen atoms in total. The Morgan fingerprint density at radius 1 is 0.588 bits per heavy atom. The summed E-state index contributed by atoms with van der Waals surface area (Å²) >= 11 is 0.194. The van der Waals surface area contributed by atoms with Crippen LogP contribution >= 0.6 is 20.2 Å². The summed E-state index contributed by atoms with van der Waals surface area (Å²) in [6.45, 7) is 3.99. The number of nitrogens with zero attached hydrogens (tertiary/aromatic N) is 3. The Bertz CT molecular complexity index is 1380. The molecular formula is C28H22Cl2FeN3. The van der Waals surface area contributed by atoms with E-state index >= 15 is 0 Å². The van der Waals surface area contributed by atoms with Crippen LogP contribution in [0.15, 0.2) is 107 Å². The van der Waals surface area contributed by atoms with Crippen LogP contribution in [0.25, 0.3) is 21.5 Å². The van der Waals surface area contributed by atoms with Crippen molar-refractivity contribution in [3.8, 4) is 0 Å². The normalized spacial score (nSPS) is 12.0. The molecule has 5 aromatic rings. The van der Waals surface area contributed by atoms with Crippen LogP contribution in [0.3, 0.4) is 0 Å². The SMILES string of the molecule is CC(=Nc1ccc2ccccc2c1)c1ccc(C(C)=Nc2ccc3ccccc3c2)[n-]1.[Cl][Fe+][Cl]. The number of hydrogen-bond acceptors (Lipinski definition) is 2. The van der Waals surface area contributed by atoms with Gasteiger partial charge in [-0.1, -0.05) is 72.8 Å². The van der Waals surface area contributed by atoms with E-state index in [4.69, 9.17) is 35.2 Å². The van der Waals surface area contributed by atoms with Crippen molar-refractivity contribution in [3.05, 3.63) is 108 Å². The second kappa shape index (κ2) is 11.5. The van der Waals surface area contributed by atoms with E-state index in [0.717, 1.165) is 34.2 Å². The van der Waals surface area contributed by atoms with Crippen LogP contribution in [-0.2, 0) is 13.1 Å². The van der Waals surface area contributed by atoms with Gasteiger partial charge < -0.3 is 4.98 Å². The summed E-state index contributed by atoms with van der Waals surface area (Å²) in [6.07, 6.45) is 0. The van der Waals surface area contributed by atoms with E-state index in [2.05, 4.69) is 48.5 Å². The molecule has 6 heteroatoms. The van der Waals surface area contributed by atoms with Crippen LogP contribution in [0.5, 0.6) is 0 Å². The molecule has 0 aliphatic heterocycles. The third-order valence-corrected chi connectivity index (χ3v) is 5.44. The van der Waals surface area contributed by atoms with Crippen molar-refractivity contribution in [3.63, 3.8) is 0 Å². The van der Waals surface area contributed by atoms with E-state index in [1.54, 1.807) is 0 Å². The predicted octanol–water partition coefficient (Wildman–Crippen LogP) is 8.61. The first-order valence-electron chi connectivity index (χ1n) is 10.7. The number of aliphatic imine (C=N–C) groups is 2. The fraction of sp³-hybridized carbons (Fsp3) is 0.0714. The van der Waals surface area contributed by atoms with Crippen molar-refractivity contribution in [2.75, 3.05) is 0 Å². The number of halogens is 2. The molecule has 1 aromatic heterocycles. The van der Waals surface area contributed by atoms with Gasteiger partial charge in [-0.2, -0.15) is 0 Å². The molecule has 0 saturated carbocycles. The Hall–Kier alpha value is -2.88. The maximum absolute atomic E-state index is 4.78. The quantitative estimate of drug-likeness (QED) is 0.170. The minimum atomic E-state index is 0.194. The van der Waals surface area contributed by atoms with E-state index in [9.17, 15) is 0 Å². The van der Waals surface area contributed by atoms with Crippen molar-refractivity contribution in [2.24, 2.45) is 9.98 Å². The first kappa shape index (κ1) is 24.3. The first-order valence-corrected chi connectivity index (χ1v) is 13.7. The zero-order valence-corrected chi connectivity index (χ0v) is 21.3. The molecule has 0 atom stereocenters. The molecule has 0 aliphatic rings. The topological polar surface area (TPSA) is 38.8 Å². The number of fused-ring (bicyclic) bond motifs is 2. The second-order valence-electron chi connectivity index (χ2n) is 7.72. The van der Waals surface area contributed by atoms with E-state index in [0.29, 0.717) is 0 Å². The molecule has 0 N–H and O–H groups in total. The summed E-state index contributed by atoms with van der Waals surface area (Å²) in [5, 5.41) is 4.80. The monoisotopic (exact) mass is 526 g/mol. The number of benzene rings is 4. The first-order chi connectivity index (χ1) is 16.6. The van der Waals surface area contributed by atoms with Gasteiger partial charge in [0, 0.05) is 11.4 Å². The summed E-state index contributed by atoms with van der Waals surface area (Å²) < 4.78 is 0. The van der Waals surface area contributed by atoms with E-state index in [1.165, 1.54) is 21.5 Å². The number of rotatable bonds is 4. The molecule has 4 aromatic carbocycles. The summed E-state index contributed by atoms with van der Waals surface area (Å²) in [7, 11) is 9.53. The molecule has 0 spiro atoms. The van der Waals surface area contributed by atoms with Crippen LogP contribution in [-0.4, -0.2) is 11.4 Å². The molecule has 0 bridgehead atoms. The second-order valence-corrected chi connectivity index (χ2v) is 9.55. The molecule has 34 heavy (non-hydrogen) atoms. The summed E-state index contributed by atoms with van der Waals surface area (Å²) in [5.41, 5.74) is 5.39. The van der Waals surface area contributed by atoms with Crippen LogP contribution in [0.2, 0.25) is 0 Å². The standard InChI is InChI=1S/C28H22N3.2ClH.Fe/c1-19(29-25-13-11-21-7-3-5-9-23(21)17-25)27-15-16-28(31-27)20(2)30-26-14-12-22-8-4-6-10-24(22)18-26;;;/h3-18H,1-2H3;2*1H;/q-1;;;+3/p-2. The molecule has 0 radical (unpaired) electrons. The predicted molar refractivity (Wildman–Crippen MR) is 143 cm³/mol. The summed E-state index contributed by atoms with van der Waals surface area (Å²) in [4.78, 5) is 14.3. The van der Waals surface area contributed by atoms with Gasteiger partial charge in [0.2, 0.25) is 0 Å². The fourth-order valence-corrected chi connectivity index (χ4v) is 3.76. The Balaban J connectivity index is 0.000000868. The summed E-state index contributed by atoms with van der Waals surface area (Å²) in [5.74, 6) is 0. The Morgan fingerprint density at radius 2 is 0.971 bits per heavy atom. The molecule has 5 rings (SSSR count). The zero-order valence-electron chi connectivity index (χ0n) is 18.7. The molecule has 0 fully saturated rings. The van der Waals surface area contributed by atoms with E-state index in [-0.39, 0.29) is 13.1 Å². The number of aromatic nitrogens is 1. The van der Waals surface area contributed by atoms with Gasteiger partial charge in [0.15, 0.2) is 0 Å². The van der Waals surface area contributed by atoms with Crippen molar-refractivity contribution in [2.45, 2.75) is 13.8 Å². The van der Waals surface area contributed by atoms with Crippen molar-refractivity contribution in [1.29, 1.82) is 0 Å². The van der Waals surface area contributed by atoms with Gasteiger partial charge >= 0.3 is 33.3 Å². The van der Waals surface area contributed by atoms with Gasteiger partial charge in [-0.05, 0) is 59.7 Å². The van der Waals surface area contributed by atoms with E-state index in [1.807, 2.05) is 62.4 Å². The Kier molecular flexibility index (Phi) is 8.20. The number of hydrogen-bond donors (Lipinski definition) is 0. The van der Waals surface area contributed by atoms with Gasteiger partial charge in [0.1, 0.15) is 0 Å². The molecule has 0 aliphatic carbocycles. The molecule has 171 valence electrons. The molecule has 0 saturated heterocycles. The van der Waals surface area contributed by atoms with Crippen LogP contribution in [0.1, 0.15) is 25.2 Å². The van der Waals surface area contributed by atoms with Gasteiger partial charge in [-0.25, -0.2) is 0 Å². The van der Waals surface area contributed by atoms with E-state index < -0.39 is 0 Å². The maximum atomic E-state index is 4.78. The Morgan fingerprint density at radius 3 is 1.38 bits per heavy atom. The van der Waals surface area contributed by atoms with Crippen molar-refractivity contribution < 1.29 is 13.1 Å². The average Bonchev–Trinajstić information content (AvgIpc) is 3.35. The van der Waals surface area contributed by atoms with Gasteiger partial charge in [-0.3, -0.25) is 9.98 Å². The zero-order chi connectivity index (χ0) is 23.9. The third kappa shape index (κ3) is 5.97. The van der Waals surface area contributed by atoms with Crippen LogP contribution in [0.4, 0.5) is 11.4 Å². The van der Waals surface area contributed by atoms with Crippen LogP contribution < -0.4 is 4.98 Å². The summed E-state index contributed by atoms with van der Waals surface area (Å²) in [6, 6.07) is 33.1. The van der Waals surface area contributed by atoms with Gasteiger partial charge in [-0.15, -0.1) is 11.4 Å². The fourth-order valence-electron chi connectivity index (χ4n) is 3.76. The average molecular weight is 527 g/mol.